The number of hydrogen-bond acceptors (Lipinski definition) is 4. The second kappa shape index (κ2) is 4.49. The second-order valence-electron chi connectivity index (χ2n) is 4.92. The van der Waals surface area contributed by atoms with Crippen LogP contribution in [-0.4, -0.2) is 34.2 Å². The topological polar surface area (TPSA) is 66.6 Å². The highest BCUT2D eigenvalue weighted by Crippen LogP contribution is 2.26. The van der Waals surface area contributed by atoms with Crippen LogP contribution in [0.25, 0.3) is 0 Å². The maximum Gasteiger partial charge on any atom is 0.308 e. The first-order chi connectivity index (χ1) is 7.99. The first-order valence-corrected chi connectivity index (χ1v) is 5.86. The van der Waals surface area contributed by atoms with E-state index in [4.69, 9.17) is 9.63 Å². The third-order valence-corrected chi connectivity index (χ3v) is 3.57. The Balaban J connectivity index is 2.05. The Morgan fingerprint density at radius 2 is 2.24 bits per heavy atom. The highest BCUT2D eigenvalue weighted by atomic mass is 16.5. The Hall–Kier alpha value is -1.36. The predicted molar refractivity (Wildman–Crippen MR) is 61.5 cm³/mol. The average Bonchev–Trinajstić information content (AvgIpc) is 2.76. The van der Waals surface area contributed by atoms with Crippen LogP contribution in [0.4, 0.5) is 0 Å². The predicted octanol–water partition coefficient (Wildman–Crippen LogP) is 1.44. The van der Waals surface area contributed by atoms with Gasteiger partial charge in [-0.3, -0.25) is 9.69 Å². The second-order valence-corrected chi connectivity index (χ2v) is 4.92. The van der Waals surface area contributed by atoms with Crippen LogP contribution in [0.3, 0.4) is 0 Å². The van der Waals surface area contributed by atoms with Crippen molar-refractivity contribution < 1.29 is 14.4 Å². The first-order valence-electron chi connectivity index (χ1n) is 5.86. The standard InChI is InChI=1S/C12H18N2O3/c1-7-4-14(5-10(7)12(15)16)6-11-8(2)13-17-9(11)3/h7,10H,4-6H2,1-3H3,(H,15,16). The maximum absolute atomic E-state index is 11.0. The number of carboxylic acid groups (broad SMARTS) is 1. The zero-order valence-electron chi connectivity index (χ0n) is 10.4. The molecule has 0 aromatic carbocycles. The van der Waals surface area contributed by atoms with Crippen molar-refractivity contribution in [2.24, 2.45) is 11.8 Å². The minimum Gasteiger partial charge on any atom is -0.481 e. The zero-order chi connectivity index (χ0) is 12.6. The molecule has 2 rings (SSSR count). The zero-order valence-corrected chi connectivity index (χ0v) is 10.4. The summed E-state index contributed by atoms with van der Waals surface area (Å²) in [6, 6.07) is 0. The summed E-state index contributed by atoms with van der Waals surface area (Å²) in [4.78, 5) is 13.2. The molecule has 94 valence electrons. The van der Waals surface area contributed by atoms with E-state index in [0.717, 1.165) is 30.1 Å². The Kier molecular flexibility index (Phi) is 3.19. The van der Waals surface area contributed by atoms with Gasteiger partial charge in [-0.15, -0.1) is 0 Å². The normalized spacial score (nSPS) is 25.4. The lowest BCUT2D eigenvalue weighted by Crippen LogP contribution is -2.23. The van der Waals surface area contributed by atoms with Crippen molar-refractivity contribution in [3.63, 3.8) is 0 Å². The molecule has 0 aliphatic carbocycles. The molecule has 1 fully saturated rings. The van der Waals surface area contributed by atoms with E-state index in [-0.39, 0.29) is 11.8 Å². The molecule has 5 nitrogen and oxygen atoms in total. The van der Waals surface area contributed by atoms with E-state index < -0.39 is 5.97 Å². The Morgan fingerprint density at radius 1 is 1.53 bits per heavy atom. The summed E-state index contributed by atoms with van der Waals surface area (Å²) in [5.41, 5.74) is 1.98. The van der Waals surface area contributed by atoms with Gasteiger partial charge < -0.3 is 9.63 Å². The highest BCUT2D eigenvalue weighted by molar-refractivity contribution is 5.71. The quantitative estimate of drug-likeness (QED) is 0.863. The molecule has 1 aromatic rings. The van der Waals surface area contributed by atoms with Crippen molar-refractivity contribution in [1.82, 2.24) is 10.1 Å². The number of aromatic nitrogens is 1. The van der Waals surface area contributed by atoms with Crippen LogP contribution >= 0.6 is 0 Å². The monoisotopic (exact) mass is 238 g/mol. The van der Waals surface area contributed by atoms with Crippen molar-refractivity contribution >= 4 is 5.97 Å². The Bertz CT molecular complexity index is 408. The Morgan fingerprint density at radius 3 is 2.71 bits per heavy atom. The third kappa shape index (κ3) is 2.34. The summed E-state index contributed by atoms with van der Waals surface area (Å²) in [7, 11) is 0. The van der Waals surface area contributed by atoms with E-state index in [1.54, 1.807) is 0 Å². The van der Waals surface area contributed by atoms with Crippen LogP contribution in [0.1, 0.15) is 23.9 Å². The number of rotatable bonds is 3. The van der Waals surface area contributed by atoms with E-state index in [2.05, 4.69) is 10.1 Å². The molecular formula is C12H18N2O3. The van der Waals surface area contributed by atoms with Gasteiger partial charge in [-0.05, 0) is 19.8 Å². The first kappa shape index (κ1) is 12.1. The van der Waals surface area contributed by atoms with Crippen LogP contribution < -0.4 is 0 Å². The molecule has 2 atom stereocenters. The van der Waals surface area contributed by atoms with Gasteiger partial charge in [0.1, 0.15) is 5.76 Å². The van der Waals surface area contributed by atoms with Crippen LogP contribution in [0.15, 0.2) is 4.52 Å². The van der Waals surface area contributed by atoms with Gasteiger partial charge in [0.25, 0.3) is 0 Å². The van der Waals surface area contributed by atoms with E-state index in [1.165, 1.54) is 0 Å². The number of carboxylic acids is 1. The average molecular weight is 238 g/mol. The SMILES string of the molecule is Cc1noc(C)c1CN1CC(C)C(C(=O)O)C1. The van der Waals surface area contributed by atoms with E-state index in [0.29, 0.717) is 6.54 Å². The summed E-state index contributed by atoms with van der Waals surface area (Å²) in [6.07, 6.45) is 0. The number of carbonyl (C=O) groups is 1. The fourth-order valence-corrected chi connectivity index (χ4v) is 2.47. The molecule has 2 heterocycles. The van der Waals surface area contributed by atoms with Gasteiger partial charge in [0.2, 0.25) is 0 Å². The third-order valence-electron chi connectivity index (χ3n) is 3.57. The number of hydrogen-bond donors (Lipinski definition) is 1. The molecule has 1 aliphatic rings. The van der Waals surface area contributed by atoms with E-state index in [1.807, 2.05) is 20.8 Å². The summed E-state index contributed by atoms with van der Waals surface area (Å²) in [5.74, 6) is 0.0798. The number of likely N-dealkylation sites (tertiary alicyclic amines) is 1. The number of aliphatic carboxylic acids is 1. The van der Waals surface area contributed by atoms with Crippen molar-refractivity contribution in [1.29, 1.82) is 0 Å². The smallest absolute Gasteiger partial charge is 0.308 e. The van der Waals surface area contributed by atoms with Crippen molar-refractivity contribution in [3.8, 4) is 0 Å². The molecule has 17 heavy (non-hydrogen) atoms. The lowest BCUT2D eigenvalue weighted by molar-refractivity contribution is -0.142. The lowest BCUT2D eigenvalue weighted by atomic mass is 9.99. The molecule has 1 aromatic heterocycles. The summed E-state index contributed by atoms with van der Waals surface area (Å²) < 4.78 is 5.11. The fourth-order valence-electron chi connectivity index (χ4n) is 2.47. The Labute approximate surface area is 100 Å². The van der Waals surface area contributed by atoms with Crippen LogP contribution in [-0.2, 0) is 11.3 Å². The highest BCUT2D eigenvalue weighted by Gasteiger charge is 2.35. The molecule has 2 unspecified atom stereocenters. The number of aryl methyl sites for hydroxylation is 2. The molecule has 0 radical (unpaired) electrons. The lowest BCUT2D eigenvalue weighted by Gasteiger charge is -2.14. The molecule has 1 aliphatic heterocycles. The minimum atomic E-state index is -0.696. The van der Waals surface area contributed by atoms with Crippen LogP contribution in [0, 0.1) is 25.7 Å². The molecular weight excluding hydrogens is 220 g/mol. The minimum absolute atomic E-state index is 0.202. The van der Waals surface area contributed by atoms with E-state index >= 15 is 0 Å². The molecule has 0 amide bonds. The van der Waals surface area contributed by atoms with Gasteiger partial charge in [-0.25, -0.2) is 0 Å². The van der Waals surface area contributed by atoms with Gasteiger partial charge in [-0.2, -0.15) is 0 Å². The van der Waals surface area contributed by atoms with Gasteiger partial charge in [0.15, 0.2) is 0 Å². The summed E-state index contributed by atoms with van der Waals surface area (Å²) in [6.45, 7) is 7.96. The van der Waals surface area contributed by atoms with Gasteiger partial charge in [-0.1, -0.05) is 12.1 Å². The van der Waals surface area contributed by atoms with Crippen LogP contribution in [0.5, 0.6) is 0 Å². The van der Waals surface area contributed by atoms with Gasteiger partial charge in [0.05, 0.1) is 11.6 Å². The molecule has 0 saturated carbocycles. The summed E-state index contributed by atoms with van der Waals surface area (Å²) in [5, 5.41) is 13.0. The molecule has 0 bridgehead atoms. The molecule has 5 heteroatoms. The molecule has 0 spiro atoms. The largest absolute Gasteiger partial charge is 0.481 e. The van der Waals surface area contributed by atoms with Crippen molar-refractivity contribution in [3.05, 3.63) is 17.0 Å². The van der Waals surface area contributed by atoms with Crippen molar-refractivity contribution in [2.75, 3.05) is 13.1 Å². The van der Waals surface area contributed by atoms with Crippen LogP contribution in [0.2, 0.25) is 0 Å². The van der Waals surface area contributed by atoms with Gasteiger partial charge >= 0.3 is 5.97 Å². The fraction of sp³-hybridized carbons (Fsp3) is 0.667. The maximum atomic E-state index is 11.0. The molecule has 1 N–H and O–H groups in total. The van der Waals surface area contributed by atoms with Crippen molar-refractivity contribution in [2.45, 2.75) is 27.3 Å². The summed E-state index contributed by atoms with van der Waals surface area (Å²) >= 11 is 0. The van der Waals surface area contributed by atoms with E-state index in [9.17, 15) is 4.79 Å². The number of nitrogens with zero attached hydrogens (tertiary/aromatic N) is 2. The van der Waals surface area contributed by atoms with Gasteiger partial charge in [0, 0.05) is 25.2 Å². The molecule has 1 saturated heterocycles.